The summed E-state index contributed by atoms with van der Waals surface area (Å²) in [5.41, 5.74) is 14.4. The van der Waals surface area contributed by atoms with E-state index in [-0.39, 0.29) is 5.91 Å². The number of fused-ring (bicyclic) bond motifs is 4. The Labute approximate surface area is 348 Å². The number of rotatable bonds is 7. The van der Waals surface area contributed by atoms with Crippen LogP contribution < -0.4 is 4.90 Å². The highest BCUT2D eigenvalue weighted by molar-refractivity contribution is 6.18. The number of hydrogen-bond acceptors (Lipinski definition) is 2. The van der Waals surface area contributed by atoms with Crippen molar-refractivity contribution in [3.63, 3.8) is 0 Å². The smallest absolute Gasteiger partial charge is 0.263 e. The largest absolute Gasteiger partial charge is 0.369 e. The first-order valence-electron chi connectivity index (χ1n) is 20.3. The Morgan fingerprint density at radius 2 is 0.800 bits per heavy atom. The lowest BCUT2D eigenvalue weighted by Gasteiger charge is -2.28. The Kier molecular flexibility index (Phi) is 8.58. The second kappa shape index (κ2) is 14.5. The lowest BCUT2D eigenvalue weighted by atomic mass is 9.90. The molecule has 1 aliphatic rings. The topological polar surface area (TPSA) is 45.5 Å². The average molecular weight is 771 g/mol. The Morgan fingerprint density at radius 1 is 0.383 bits per heavy atom. The molecule has 284 valence electrons. The van der Waals surface area contributed by atoms with Crippen LogP contribution in [0.25, 0.3) is 83.1 Å². The van der Waals surface area contributed by atoms with E-state index in [1.54, 1.807) is 4.90 Å². The van der Waals surface area contributed by atoms with Crippen LogP contribution in [-0.2, 0) is 0 Å². The van der Waals surface area contributed by atoms with Crippen molar-refractivity contribution >= 4 is 33.4 Å². The molecule has 1 aliphatic heterocycles. The predicted octanol–water partition coefficient (Wildman–Crippen LogP) is 13.8. The molecule has 9 aromatic carbocycles. The number of nitrogens with zero attached hydrogens (tertiary/aromatic N) is 2. The van der Waals surface area contributed by atoms with Gasteiger partial charge in [0.05, 0.1) is 28.0 Å². The molecule has 1 N–H and O–H groups in total. The summed E-state index contributed by atoms with van der Waals surface area (Å²) in [4.78, 5) is 17.3. The maximum atomic E-state index is 15.6. The Morgan fingerprint density at radius 3 is 1.25 bits per heavy atom. The summed E-state index contributed by atoms with van der Waals surface area (Å²) in [5.74, 6) is -0.261. The van der Waals surface area contributed by atoms with Crippen LogP contribution in [0.15, 0.2) is 218 Å². The van der Waals surface area contributed by atoms with Crippen LogP contribution >= 0.6 is 0 Å². The second-order valence-electron chi connectivity index (χ2n) is 15.3. The molecule has 1 atom stereocenters. The van der Waals surface area contributed by atoms with E-state index < -0.39 is 6.23 Å². The summed E-state index contributed by atoms with van der Waals surface area (Å²) >= 11 is 0. The van der Waals surface area contributed by atoms with Crippen LogP contribution in [0, 0.1) is 0 Å². The van der Waals surface area contributed by atoms with Crippen LogP contribution in [0.2, 0.25) is 0 Å². The molecule has 2 heterocycles. The molecule has 0 saturated carbocycles. The van der Waals surface area contributed by atoms with Gasteiger partial charge in [-0.05, 0) is 74.8 Å². The minimum absolute atomic E-state index is 0.261. The molecule has 1 amide bonds. The summed E-state index contributed by atoms with van der Waals surface area (Å²) in [6, 6.07) is 74.8. The van der Waals surface area contributed by atoms with E-state index in [0.29, 0.717) is 16.8 Å². The number of benzene rings is 9. The fourth-order valence-corrected chi connectivity index (χ4v) is 9.05. The molecule has 60 heavy (non-hydrogen) atoms. The van der Waals surface area contributed by atoms with Crippen LogP contribution in [0.3, 0.4) is 0 Å². The third-order valence-electron chi connectivity index (χ3n) is 11.9. The Balaban J connectivity index is 1.17. The first-order valence-corrected chi connectivity index (χ1v) is 20.3. The van der Waals surface area contributed by atoms with Gasteiger partial charge in [-0.25, -0.2) is 0 Å². The molecular weight excluding hydrogens is 733 g/mol. The SMILES string of the molecule is O=C1c2c(cccc2-n2c3cc(-c4ccccc4)ccc3c3ccc(-c4ccccc4)cc32)C(O)N1c1c(-c2ccccc2)cc(-c2ccccc2)cc1-c1ccccc1. The number of carbonyl (C=O) groups excluding carboxylic acids is 1. The zero-order valence-corrected chi connectivity index (χ0v) is 32.6. The minimum atomic E-state index is -1.24. The van der Waals surface area contributed by atoms with Crippen molar-refractivity contribution in [1.82, 2.24) is 4.57 Å². The third kappa shape index (κ3) is 5.85. The van der Waals surface area contributed by atoms with E-state index in [2.05, 4.69) is 138 Å². The maximum Gasteiger partial charge on any atom is 0.263 e. The van der Waals surface area contributed by atoms with E-state index >= 15 is 4.79 Å². The van der Waals surface area contributed by atoms with Crippen LogP contribution in [0.5, 0.6) is 0 Å². The van der Waals surface area contributed by atoms with Gasteiger partial charge in [-0.2, -0.15) is 0 Å². The lowest BCUT2D eigenvalue weighted by molar-refractivity contribution is 0.0935. The zero-order valence-electron chi connectivity index (χ0n) is 32.6. The van der Waals surface area contributed by atoms with Gasteiger partial charge in [0.15, 0.2) is 6.23 Å². The third-order valence-corrected chi connectivity index (χ3v) is 11.9. The molecule has 4 heteroatoms. The van der Waals surface area contributed by atoms with E-state index in [1.165, 1.54) is 0 Å². The molecule has 0 bridgehead atoms. The highest BCUT2D eigenvalue weighted by Gasteiger charge is 2.41. The minimum Gasteiger partial charge on any atom is -0.369 e. The number of hydrogen-bond donors (Lipinski definition) is 1. The monoisotopic (exact) mass is 770 g/mol. The summed E-state index contributed by atoms with van der Waals surface area (Å²) in [6.45, 7) is 0. The summed E-state index contributed by atoms with van der Waals surface area (Å²) < 4.78 is 2.23. The first-order chi connectivity index (χ1) is 29.6. The molecule has 0 radical (unpaired) electrons. The van der Waals surface area contributed by atoms with E-state index in [0.717, 1.165) is 83.1 Å². The van der Waals surface area contributed by atoms with Crippen molar-refractivity contribution in [3.05, 3.63) is 230 Å². The first kappa shape index (κ1) is 35.4. The number of carbonyl (C=O) groups is 1. The van der Waals surface area contributed by atoms with Crippen molar-refractivity contribution in [2.75, 3.05) is 4.90 Å². The molecule has 10 aromatic rings. The van der Waals surface area contributed by atoms with E-state index in [9.17, 15) is 5.11 Å². The van der Waals surface area contributed by atoms with Gasteiger partial charge < -0.3 is 9.67 Å². The molecule has 1 unspecified atom stereocenters. The van der Waals surface area contributed by atoms with Gasteiger partial charge in [-0.3, -0.25) is 9.69 Å². The van der Waals surface area contributed by atoms with Crippen LogP contribution in [0.1, 0.15) is 22.1 Å². The molecule has 0 aliphatic carbocycles. The average Bonchev–Trinajstić information content (AvgIpc) is 3.78. The molecule has 1 aromatic heterocycles. The fraction of sp³-hybridized carbons (Fsp3) is 0.0179. The number of aliphatic hydroxyl groups is 1. The number of aliphatic hydroxyl groups excluding tert-OH is 1. The maximum absolute atomic E-state index is 15.6. The van der Waals surface area contributed by atoms with E-state index in [4.69, 9.17) is 0 Å². The van der Waals surface area contributed by atoms with Gasteiger partial charge in [0, 0.05) is 27.5 Å². The number of anilines is 1. The number of aromatic nitrogens is 1. The quantitative estimate of drug-likeness (QED) is 0.175. The standard InChI is InChI=1S/C56H38N2O2/c59-55-47-27-16-28-50(57-51-35-42(37-17-6-1-7-18-37)29-31-45(51)46-32-30-43(36-52(46)57)38-19-8-2-9-20-38)53(47)56(60)58(55)54-48(40-23-12-4-13-24-40)33-44(39-21-10-3-11-22-39)34-49(54)41-25-14-5-15-26-41/h1-36,55,59H. The van der Waals surface area contributed by atoms with Gasteiger partial charge in [0.25, 0.3) is 5.91 Å². The summed E-state index contributed by atoms with van der Waals surface area (Å²) in [6.07, 6.45) is -1.24. The van der Waals surface area contributed by atoms with Crippen LogP contribution in [-0.4, -0.2) is 15.6 Å². The van der Waals surface area contributed by atoms with Gasteiger partial charge in [0.2, 0.25) is 0 Å². The lowest BCUT2D eigenvalue weighted by Crippen LogP contribution is -2.29. The molecular formula is C56H38N2O2. The van der Waals surface area contributed by atoms with Crippen molar-refractivity contribution in [2.24, 2.45) is 0 Å². The summed E-state index contributed by atoms with van der Waals surface area (Å²) in [5, 5.41) is 14.8. The Hall–Kier alpha value is -7.79. The molecule has 0 spiro atoms. The van der Waals surface area contributed by atoms with Gasteiger partial charge in [-0.1, -0.05) is 188 Å². The highest BCUT2D eigenvalue weighted by atomic mass is 16.3. The molecule has 4 nitrogen and oxygen atoms in total. The van der Waals surface area contributed by atoms with Crippen molar-refractivity contribution in [1.29, 1.82) is 0 Å². The predicted molar refractivity (Wildman–Crippen MR) is 246 cm³/mol. The second-order valence-corrected chi connectivity index (χ2v) is 15.3. The van der Waals surface area contributed by atoms with Gasteiger partial charge in [0.1, 0.15) is 0 Å². The molecule has 11 rings (SSSR count). The Bertz CT molecular complexity index is 3060. The highest BCUT2D eigenvalue weighted by Crippen LogP contribution is 2.50. The molecule has 0 saturated heterocycles. The van der Waals surface area contributed by atoms with Crippen molar-refractivity contribution in [3.8, 4) is 61.3 Å². The van der Waals surface area contributed by atoms with Crippen LogP contribution in [0.4, 0.5) is 5.69 Å². The normalized spacial score (nSPS) is 13.6. The zero-order chi connectivity index (χ0) is 40.2. The number of amides is 1. The van der Waals surface area contributed by atoms with Gasteiger partial charge in [-0.15, -0.1) is 0 Å². The molecule has 0 fully saturated rings. The summed E-state index contributed by atoms with van der Waals surface area (Å²) in [7, 11) is 0. The van der Waals surface area contributed by atoms with Crippen molar-refractivity contribution in [2.45, 2.75) is 6.23 Å². The van der Waals surface area contributed by atoms with Crippen molar-refractivity contribution < 1.29 is 9.90 Å². The van der Waals surface area contributed by atoms with E-state index in [1.807, 2.05) is 84.9 Å². The fourth-order valence-electron chi connectivity index (χ4n) is 9.05. The van der Waals surface area contributed by atoms with Gasteiger partial charge >= 0.3 is 0 Å².